The van der Waals surface area contributed by atoms with Crippen molar-refractivity contribution in [2.45, 2.75) is 34.1 Å². The lowest BCUT2D eigenvalue weighted by Gasteiger charge is -2.06. The molecule has 1 rings (SSSR count). The van der Waals surface area contributed by atoms with E-state index in [2.05, 4.69) is 65.1 Å². The molecule has 0 saturated carbocycles. The van der Waals surface area contributed by atoms with Crippen molar-refractivity contribution in [2.75, 3.05) is 0 Å². The van der Waals surface area contributed by atoms with Gasteiger partial charge in [-0.15, -0.1) is 13.2 Å². The third kappa shape index (κ3) is 4.16. The molecule has 1 aromatic rings. The number of aryl methyl sites for hydroxylation is 1. The van der Waals surface area contributed by atoms with Gasteiger partial charge < -0.3 is 0 Å². The zero-order chi connectivity index (χ0) is 11.8. The molecule has 0 aliphatic rings. The summed E-state index contributed by atoms with van der Waals surface area (Å²) in [7, 11) is 0. The van der Waals surface area contributed by atoms with Crippen molar-refractivity contribution in [3.8, 4) is 0 Å². The van der Waals surface area contributed by atoms with Crippen LogP contribution in [-0.2, 0) is 0 Å². The summed E-state index contributed by atoms with van der Waals surface area (Å²) < 4.78 is 0. The first-order chi connectivity index (χ1) is 7.15. The number of hydrogen-bond donors (Lipinski definition) is 0. The fourth-order valence-corrected chi connectivity index (χ4v) is 1.32. The average Bonchev–Trinajstić information content (AvgIpc) is 2.31. The van der Waals surface area contributed by atoms with E-state index in [0.29, 0.717) is 0 Å². The molecular weight excluding hydrogens is 180 g/mol. The SMILES string of the molecule is C=C.CC/C(C)=C(/C)c1ccc(C)cc1. The van der Waals surface area contributed by atoms with Crippen molar-refractivity contribution < 1.29 is 0 Å². The zero-order valence-electron chi connectivity index (χ0n) is 10.4. The van der Waals surface area contributed by atoms with Crippen LogP contribution in [0, 0.1) is 6.92 Å². The predicted octanol–water partition coefficient (Wildman–Crippen LogP) is 5.00. The maximum atomic E-state index is 3.00. The molecule has 15 heavy (non-hydrogen) atoms. The van der Waals surface area contributed by atoms with Crippen LogP contribution in [0.2, 0.25) is 0 Å². The highest BCUT2D eigenvalue weighted by atomic mass is 14.0. The molecule has 0 aromatic heterocycles. The van der Waals surface area contributed by atoms with Crippen LogP contribution in [-0.4, -0.2) is 0 Å². The van der Waals surface area contributed by atoms with Gasteiger partial charge in [-0.3, -0.25) is 0 Å². The second-order valence-corrected chi connectivity index (χ2v) is 3.62. The largest absolute Gasteiger partial charge is 0.106 e. The molecule has 1 aromatic carbocycles. The smallest absolute Gasteiger partial charge is 0.0228 e. The van der Waals surface area contributed by atoms with Gasteiger partial charge in [-0.1, -0.05) is 42.3 Å². The van der Waals surface area contributed by atoms with E-state index in [-0.39, 0.29) is 0 Å². The zero-order valence-corrected chi connectivity index (χ0v) is 10.4. The van der Waals surface area contributed by atoms with E-state index >= 15 is 0 Å². The van der Waals surface area contributed by atoms with Crippen molar-refractivity contribution in [2.24, 2.45) is 0 Å². The van der Waals surface area contributed by atoms with Gasteiger partial charge in [0.25, 0.3) is 0 Å². The van der Waals surface area contributed by atoms with Crippen LogP contribution in [0.5, 0.6) is 0 Å². The highest BCUT2D eigenvalue weighted by molar-refractivity contribution is 5.66. The molecule has 0 nitrogen and oxygen atoms in total. The number of hydrogen-bond acceptors (Lipinski definition) is 0. The molecule has 0 fully saturated rings. The summed E-state index contributed by atoms with van der Waals surface area (Å²) in [5.74, 6) is 0. The topological polar surface area (TPSA) is 0 Å². The summed E-state index contributed by atoms with van der Waals surface area (Å²) in [5, 5.41) is 0. The van der Waals surface area contributed by atoms with Crippen LogP contribution in [0.4, 0.5) is 0 Å². The van der Waals surface area contributed by atoms with E-state index in [0.717, 1.165) is 6.42 Å². The van der Waals surface area contributed by atoms with Gasteiger partial charge >= 0.3 is 0 Å². The van der Waals surface area contributed by atoms with E-state index < -0.39 is 0 Å². The van der Waals surface area contributed by atoms with E-state index in [4.69, 9.17) is 0 Å². The van der Waals surface area contributed by atoms with Crippen molar-refractivity contribution in [1.82, 2.24) is 0 Å². The molecule has 0 aliphatic heterocycles. The lowest BCUT2D eigenvalue weighted by atomic mass is 10.0. The molecule has 0 unspecified atom stereocenters. The molecule has 0 aliphatic carbocycles. The van der Waals surface area contributed by atoms with Gasteiger partial charge in [0.15, 0.2) is 0 Å². The molecule has 0 spiro atoms. The van der Waals surface area contributed by atoms with E-state index in [1.165, 1.54) is 22.3 Å². The van der Waals surface area contributed by atoms with Crippen LogP contribution in [0.1, 0.15) is 38.3 Å². The van der Waals surface area contributed by atoms with Crippen LogP contribution < -0.4 is 0 Å². The summed E-state index contributed by atoms with van der Waals surface area (Å²) >= 11 is 0. The van der Waals surface area contributed by atoms with Crippen LogP contribution in [0.3, 0.4) is 0 Å². The fraction of sp³-hybridized carbons (Fsp3) is 0.333. The Bertz CT molecular complexity index is 314. The average molecular weight is 202 g/mol. The first kappa shape index (κ1) is 13.7. The maximum Gasteiger partial charge on any atom is -0.0228 e. The number of allylic oxidation sites excluding steroid dienone is 2. The fourth-order valence-electron chi connectivity index (χ4n) is 1.32. The second kappa shape index (κ2) is 7.05. The molecule has 0 amide bonds. The Balaban J connectivity index is 0.000000921. The third-order valence-electron chi connectivity index (χ3n) is 2.66. The third-order valence-corrected chi connectivity index (χ3v) is 2.66. The Morgan fingerprint density at radius 3 is 1.93 bits per heavy atom. The summed E-state index contributed by atoms with van der Waals surface area (Å²) in [6.07, 6.45) is 1.14. The molecule has 0 radical (unpaired) electrons. The number of benzene rings is 1. The maximum absolute atomic E-state index is 3.00. The summed E-state index contributed by atoms with van der Waals surface area (Å²) in [5.41, 5.74) is 5.57. The highest BCUT2D eigenvalue weighted by Gasteiger charge is 1.97. The van der Waals surface area contributed by atoms with E-state index in [9.17, 15) is 0 Å². The summed E-state index contributed by atoms with van der Waals surface area (Å²) in [6.45, 7) is 14.7. The molecule has 82 valence electrons. The van der Waals surface area contributed by atoms with Crippen LogP contribution >= 0.6 is 0 Å². The van der Waals surface area contributed by atoms with Gasteiger partial charge in [0.05, 0.1) is 0 Å². The van der Waals surface area contributed by atoms with Gasteiger partial charge in [-0.25, -0.2) is 0 Å². The second-order valence-electron chi connectivity index (χ2n) is 3.62. The van der Waals surface area contributed by atoms with E-state index in [1.807, 2.05) is 0 Å². The Labute approximate surface area is 94.3 Å². The molecule has 0 heteroatoms. The van der Waals surface area contributed by atoms with E-state index in [1.54, 1.807) is 0 Å². The first-order valence-corrected chi connectivity index (χ1v) is 5.38. The van der Waals surface area contributed by atoms with Gasteiger partial charge in [0.1, 0.15) is 0 Å². The Morgan fingerprint density at radius 1 is 1.07 bits per heavy atom. The molecule has 0 bridgehead atoms. The lowest BCUT2D eigenvalue weighted by Crippen LogP contribution is -1.84. The number of rotatable bonds is 2. The van der Waals surface area contributed by atoms with Crippen molar-refractivity contribution in [1.29, 1.82) is 0 Å². The molecule has 0 heterocycles. The minimum absolute atomic E-state index is 1.14. The molecular formula is C15H22. The minimum Gasteiger partial charge on any atom is -0.106 e. The quantitative estimate of drug-likeness (QED) is 0.592. The van der Waals surface area contributed by atoms with Crippen LogP contribution in [0.15, 0.2) is 43.0 Å². The Kier molecular flexibility index (Phi) is 6.44. The Morgan fingerprint density at radius 2 is 1.53 bits per heavy atom. The van der Waals surface area contributed by atoms with Crippen LogP contribution in [0.25, 0.3) is 5.57 Å². The normalized spacial score (nSPS) is 11.2. The first-order valence-electron chi connectivity index (χ1n) is 5.38. The van der Waals surface area contributed by atoms with Gasteiger partial charge in [-0.2, -0.15) is 0 Å². The van der Waals surface area contributed by atoms with Gasteiger partial charge in [0, 0.05) is 0 Å². The molecule has 0 atom stereocenters. The summed E-state index contributed by atoms with van der Waals surface area (Å²) in [4.78, 5) is 0. The van der Waals surface area contributed by atoms with Crippen molar-refractivity contribution in [3.63, 3.8) is 0 Å². The van der Waals surface area contributed by atoms with Gasteiger partial charge in [-0.05, 0) is 38.3 Å². The van der Waals surface area contributed by atoms with Crippen molar-refractivity contribution in [3.05, 3.63) is 54.1 Å². The summed E-state index contributed by atoms with van der Waals surface area (Å²) in [6, 6.07) is 8.73. The Hall–Kier alpha value is -1.30. The predicted molar refractivity (Wildman–Crippen MR) is 71.0 cm³/mol. The van der Waals surface area contributed by atoms with Crippen molar-refractivity contribution >= 4 is 5.57 Å². The van der Waals surface area contributed by atoms with Gasteiger partial charge in [0.2, 0.25) is 0 Å². The molecule has 0 saturated heterocycles. The molecule has 0 N–H and O–H groups in total. The lowest BCUT2D eigenvalue weighted by molar-refractivity contribution is 1.10. The highest BCUT2D eigenvalue weighted by Crippen LogP contribution is 2.19. The minimum atomic E-state index is 1.14. The monoisotopic (exact) mass is 202 g/mol. The standard InChI is InChI=1S/C13H18.C2H4/c1-5-11(3)12(4)13-8-6-10(2)7-9-13;1-2/h6-9H,5H2,1-4H3;1-2H2/b12-11-;.